The number of amides is 2. The van der Waals surface area contributed by atoms with E-state index >= 15 is 0 Å². The number of hydrogen-bond acceptors (Lipinski definition) is 3. The second-order valence-corrected chi connectivity index (χ2v) is 4.30. The highest BCUT2D eigenvalue weighted by Crippen LogP contribution is 2.14. The van der Waals surface area contributed by atoms with Crippen molar-refractivity contribution < 1.29 is 14.3 Å². The predicted molar refractivity (Wildman–Crippen MR) is 53.2 cm³/mol. The Morgan fingerprint density at radius 2 is 2.00 bits per heavy atom. The molecular formula is C10H16N2O3. The molecule has 1 unspecified atom stereocenters. The predicted octanol–water partition coefficient (Wildman–Crippen LogP) is -0.536. The molecule has 2 saturated heterocycles. The van der Waals surface area contributed by atoms with Crippen molar-refractivity contribution >= 4 is 11.8 Å². The van der Waals surface area contributed by atoms with E-state index in [2.05, 4.69) is 0 Å². The Balaban J connectivity index is 1.97. The van der Waals surface area contributed by atoms with Crippen LogP contribution in [0.1, 0.15) is 13.8 Å². The normalized spacial score (nSPS) is 26.5. The zero-order valence-corrected chi connectivity index (χ0v) is 9.10. The molecule has 0 spiro atoms. The summed E-state index contributed by atoms with van der Waals surface area (Å²) < 4.78 is 5.05. The summed E-state index contributed by atoms with van der Waals surface area (Å²) in [6, 6.07) is 0.0979. The molecule has 2 aliphatic heterocycles. The number of rotatable bonds is 3. The molecule has 2 heterocycles. The molecule has 1 atom stereocenters. The van der Waals surface area contributed by atoms with Crippen LogP contribution in [0.4, 0.5) is 0 Å². The van der Waals surface area contributed by atoms with Gasteiger partial charge in [-0.25, -0.2) is 0 Å². The van der Waals surface area contributed by atoms with E-state index in [9.17, 15) is 9.59 Å². The van der Waals surface area contributed by atoms with Crippen LogP contribution in [0.25, 0.3) is 0 Å². The van der Waals surface area contributed by atoms with Crippen LogP contribution >= 0.6 is 0 Å². The highest BCUT2D eigenvalue weighted by Gasteiger charge is 2.36. The molecule has 2 amide bonds. The smallest absolute Gasteiger partial charge is 0.312 e. The fraction of sp³-hybridized carbons (Fsp3) is 0.800. The number of piperazine rings is 1. The van der Waals surface area contributed by atoms with E-state index in [1.54, 1.807) is 9.80 Å². The molecule has 2 fully saturated rings. The highest BCUT2D eigenvalue weighted by atomic mass is 16.6. The molecule has 2 aliphatic rings. The molecule has 15 heavy (non-hydrogen) atoms. The highest BCUT2D eigenvalue weighted by molar-refractivity contribution is 6.35. The maximum Gasteiger partial charge on any atom is 0.312 e. The summed E-state index contributed by atoms with van der Waals surface area (Å²) in [7, 11) is 0. The van der Waals surface area contributed by atoms with Gasteiger partial charge >= 0.3 is 11.8 Å². The SMILES string of the molecule is CC(C)N1CCN(CC2CO2)C(=O)C1=O. The first-order chi connectivity index (χ1) is 7.09. The third kappa shape index (κ3) is 2.12. The molecule has 0 aromatic carbocycles. The fourth-order valence-corrected chi connectivity index (χ4v) is 1.78. The van der Waals surface area contributed by atoms with Crippen molar-refractivity contribution in [2.45, 2.75) is 26.0 Å². The van der Waals surface area contributed by atoms with Crippen LogP contribution in [-0.4, -0.2) is 60.0 Å². The zero-order chi connectivity index (χ0) is 11.0. The molecule has 0 bridgehead atoms. The van der Waals surface area contributed by atoms with E-state index in [1.807, 2.05) is 13.8 Å². The van der Waals surface area contributed by atoms with Crippen molar-refractivity contribution in [1.29, 1.82) is 0 Å². The monoisotopic (exact) mass is 212 g/mol. The summed E-state index contributed by atoms with van der Waals surface area (Å²) in [5.41, 5.74) is 0. The van der Waals surface area contributed by atoms with Crippen molar-refractivity contribution in [3.63, 3.8) is 0 Å². The van der Waals surface area contributed by atoms with Crippen LogP contribution in [0.15, 0.2) is 0 Å². The summed E-state index contributed by atoms with van der Waals surface area (Å²) >= 11 is 0. The fourth-order valence-electron chi connectivity index (χ4n) is 1.78. The van der Waals surface area contributed by atoms with E-state index < -0.39 is 0 Å². The lowest BCUT2D eigenvalue weighted by molar-refractivity contribution is -0.157. The maximum atomic E-state index is 11.7. The van der Waals surface area contributed by atoms with Gasteiger partial charge in [0.2, 0.25) is 0 Å². The number of hydrogen-bond donors (Lipinski definition) is 0. The van der Waals surface area contributed by atoms with Gasteiger partial charge in [0.25, 0.3) is 0 Å². The Hall–Kier alpha value is -1.10. The van der Waals surface area contributed by atoms with E-state index in [0.29, 0.717) is 26.2 Å². The van der Waals surface area contributed by atoms with Crippen LogP contribution in [-0.2, 0) is 14.3 Å². The van der Waals surface area contributed by atoms with Crippen LogP contribution in [0.3, 0.4) is 0 Å². The van der Waals surface area contributed by atoms with Crippen LogP contribution in [0.5, 0.6) is 0 Å². The third-order valence-corrected chi connectivity index (χ3v) is 2.79. The molecule has 0 N–H and O–H groups in total. The van der Waals surface area contributed by atoms with Gasteiger partial charge in [-0.2, -0.15) is 0 Å². The zero-order valence-electron chi connectivity index (χ0n) is 9.10. The van der Waals surface area contributed by atoms with Gasteiger partial charge in [-0.3, -0.25) is 9.59 Å². The van der Waals surface area contributed by atoms with Crippen LogP contribution in [0.2, 0.25) is 0 Å². The first-order valence-electron chi connectivity index (χ1n) is 5.31. The Kier molecular flexibility index (Phi) is 2.65. The molecule has 5 nitrogen and oxygen atoms in total. The quantitative estimate of drug-likeness (QED) is 0.466. The molecule has 0 aromatic rings. The molecule has 0 saturated carbocycles. The lowest BCUT2D eigenvalue weighted by Gasteiger charge is -2.35. The molecule has 0 radical (unpaired) electrons. The van der Waals surface area contributed by atoms with Gasteiger partial charge in [-0.1, -0.05) is 0 Å². The Morgan fingerprint density at radius 1 is 1.33 bits per heavy atom. The lowest BCUT2D eigenvalue weighted by Crippen LogP contribution is -2.56. The van der Waals surface area contributed by atoms with Crippen molar-refractivity contribution in [3.05, 3.63) is 0 Å². The average molecular weight is 212 g/mol. The molecule has 0 aliphatic carbocycles. The van der Waals surface area contributed by atoms with E-state index in [4.69, 9.17) is 4.74 Å². The lowest BCUT2D eigenvalue weighted by atomic mass is 10.2. The molecule has 84 valence electrons. The molecule has 2 rings (SSSR count). The van der Waals surface area contributed by atoms with Gasteiger partial charge < -0.3 is 14.5 Å². The minimum Gasteiger partial charge on any atom is -0.371 e. The van der Waals surface area contributed by atoms with Crippen LogP contribution < -0.4 is 0 Å². The second-order valence-electron chi connectivity index (χ2n) is 4.30. The van der Waals surface area contributed by atoms with Gasteiger partial charge in [0.05, 0.1) is 12.7 Å². The summed E-state index contributed by atoms with van der Waals surface area (Å²) in [5, 5.41) is 0. The van der Waals surface area contributed by atoms with E-state index in [0.717, 1.165) is 0 Å². The van der Waals surface area contributed by atoms with Gasteiger partial charge in [0.15, 0.2) is 0 Å². The third-order valence-electron chi connectivity index (χ3n) is 2.79. The van der Waals surface area contributed by atoms with Gasteiger partial charge in [-0.15, -0.1) is 0 Å². The summed E-state index contributed by atoms with van der Waals surface area (Å²) in [4.78, 5) is 26.6. The average Bonchev–Trinajstić information content (AvgIpc) is 2.96. The topological polar surface area (TPSA) is 53.1 Å². The number of carbonyl (C=O) groups excluding carboxylic acids is 2. The Labute approximate surface area is 89.0 Å². The summed E-state index contributed by atoms with van der Waals surface area (Å²) in [6.45, 7) is 6.38. The second kappa shape index (κ2) is 3.81. The van der Waals surface area contributed by atoms with Gasteiger partial charge in [0, 0.05) is 25.7 Å². The van der Waals surface area contributed by atoms with Crippen molar-refractivity contribution in [1.82, 2.24) is 9.80 Å². The van der Waals surface area contributed by atoms with Crippen molar-refractivity contribution in [3.8, 4) is 0 Å². The Morgan fingerprint density at radius 3 is 2.53 bits per heavy atom. The van der Waals surface area contributed by atoms with Crippen molar-refractivity contribution in [2.24, 2.45) is 0 Å². The maximum absolute atomic E-state index is 11.7. The van der Waals surface area contributed by atoms with Crippen molar-refractivity contribution in [2.75, 3.05) is 26.2 Å². The number of epoxide rings is 1. The first-order valence-corrected chi connectivity index (χ1v) is 5.31. The minimum atomic E-state index is -0.384. The molecule has 0 aromatic heterocycles. The summed E-state index contributed by atoms with van der Waals surface area (Å²) in [5.74, 6) is -0.762. The van der Waals surface area contributed by atoms with Crippen LogP contribution in [0, 0.1) is 0 Å². The van der Waals surface area contributed by atoms with Gasteiger partial charge in [0.1, 0.15) is 0 Å². The minimum absolute atomic E-state index is 0.0979. The number of ether oxygens (including phenoxy) is 1. The van der Waals surface area contributed by atoms with E-state index in [1.165, 1.54) is 0 Å². The molecular weight excluding hydrogens is 196 g/mol. The Bertz CT molecular complexity index is 286. The number of nitrogens with zero attached hydrogens (tertiary/aromatic N) is 2. The van der Waals surface area contributed by atoms with E-state index in [-0.39, 0.29) is 24.0 Å². The van der Waals surface area contributed by atoms with Gasteiger partial charge in [-0.05, 0) is 13.8 Å². The standard InChI is InChI=1S/C10H16N2O3/c1-7(2)12-4-3-11(5-8-6-15-8)9(13)10(12)14/h7-8H,3-6H2,1-2H3. The largest absolute Gasteiger partial charge is 0.371 e. The molecule has 5 heteroatoms. The summed E-state index contributed by atoms with van der Waals surface area (Å²) in [6.07, 6.45) is 0.160. The first kappa shape index (κ1) is 10.4. The number of carbonyl (C=O) groups is 2.